The lowest BCUT2D eigenvalue weighted by Crippen LogP contribution is -2.33. The Labute approximate surface area is 632 Å². The number of thiol groups is 2. The molecule has 7 aromatic rings. The number of rotatable bonds is 30. The molecular weight excluding hydrogens is 1640 g/mol. The van der Waals surface area contributed by atoms with Gasteiger partial charge < -0.3 is 91.8 Å². The maximum absolute atomic E-state index is 14.4. The van der Waals surface area contributed by atoms with Crippen molar-refractivity contribution in [3.63, 3.8) is 0 Å². The molecule has 54 heteroatoms. The molecule has 12 heterocycles. The number of imidazole rings is 2. The van der Waals surface area contributed by atoms with Crippen molar-refractivity contribution in [3.8, 4) is 0 Å². The van der Waals surface area contributed by atoms with E-state index in [4.69, 9.17) is 133 Å². The fourth-order valence-electron chi connectivity index (χ4n) is 12.6. The van der Waals surface area contributed by atoms with Gasteiger partial charge in [0.05, 0.1) is 70.1 Å². The van der Waals surface area contributed by atoms with Gasteiger partial charge in [-0.25, -0.2) is 28.9 Å². The van der Waals surface area contributed by atoms with Crippen molar-refractivity contribution >= 4 is 144 Å². The molecule has 0 aliphatic carbocycles. The van der Waals surface area contributed by atoms with Gasteiger partial charge in [0.15, 0.2) is 22.3 Å². The molecule has 0 amide bonds. The molecule has 10 unspecified atom stereocenters. The van der Waals surface area contributed by atoms with Crippen LogP contribution in [0.2, 0.25) is 0 Å². The van der Waals surface area contributed by atoms with Gasteiger partial charge in [-0.1, -0.05) is 38.3 Å². The van der Waals surface area contributed by atoms with E-state index in [1.807, 2.05) is 13.8 Å². The van der Waals surface area contributed by atoms with Crippen LogP contribution in [0.3, 0.4) is 0 Å². The molecule has 5 aliphatic rings. The molecule has 0 bridgehead atoms. The van der Waals surface area contributed by atoms with Crippen LogP contribution in [0.5, 0.6) is 0 Å². The van der Waals surface area contributed by atoms with Crippen molar-refractivity contribution in [1.29, 1.82) is 0 Å². The number of nitrogens with two attached hydrogens (primary N) is 3. The summed E-state index contributed by atoms with van der Waals surface area (Å²) in [5.41, 5.74) is 8.80. The number of hydrogen-bond donors (Lipinski definition) is 12. The van der Waals surface area contributed by atoms with Gasteiger partial charge in [0.25, 0.3) is 22.2 Å². The van der Waals surface area contributed by atoms with E-state index in [9.17, 15) is 52.8 Å². The van der Waals surface area contributed by atoms with Crippen molar-refractivity contribution < 1.29 is 88.2 Å². The Kier molecular flexibility index (Phi) is 24.9. The van der Waals surface area contributed by atoms with Crippen LogP contribution in [0.1, 0.15) is 88.2 Å². The standard InChI is InChI=1S/C53H72N17O26P5S6/c1-22(2)25-8-36(66-7-6-35(54)59-51(66)75)88-30(25)15-87-101(106,107)96-29-12-38(68-14-24(4)46(72)65-53(68)77)90-34(29)19-86-100(81,105)95-28-11-40(70-21-58-42-44(70)61-50(56)63-48(42)74)92-33(28)18-85-98(79,103)93-26-9-37(67-13-23(3)45(71)64-52(67)76)89-32(26)17-84-99(80,104)94-27-10-39(91-31(27)16-83-97(78,102)82-5)69-20-57-41-43(69)60-49(55)62-47(41)73/h6-7,13-14,20-22,25-34,36-40H,8-12,15-19H2,1-5H3,(H,78,102)(H,79,103)(H,80,104)(H,81,105)(H,106,107)(H2,54,59,75)(H,64,71,76)(H,65,72,77)(H3,55,60,62,73)(H3,56,61,63,74)/t25-,26+,27+,28+,29+,30?,31?,32?,33?,34?,36+,37+,38+,39+,40+,97?,98?,99?,100?/m0/s1. The molecule has 0 spiro atoms. The minimum atomic E-state index is -4.63. The molecule has 12 rings (SSSR count). The number of ether oxygens (including phenoxy) is 5. The number of aromatic nitrogens is 14. The highest BCUT2D eigenvalue weighted by Gasteiger charge is 2.49. The van der Waals surface area contributed by atoms with Crippen molar-refractivity contribution in [3.05, 3.63) is 121 Å². The second-order valence-electron chi connectivity index (χ2n) is 25.4. The first-order valence-corrected chi connectivity index (χ1v) is 46.4. The lowest BCUT2D eigenvalue weighted by atomic mass is 9.89. The highest BCUT2D eigenvalue weighted by Crippen LogP contribution is 2.60. The highest BCUT2D eigenvalue weighted by molar-refractivity contribution is 8.60. The normalized spacial score (nSPS) is 29.0. The number of aromatic amines is 4. The van der Waals surface area contributed by atoms with Gasteiger partial charge in [0.2, 0.25) is 17.6 Å². The Hall–Kier alpha value is -4.85. The Balaban J connectivity index is 0.756. The number of fused-ring (bicyclic) bond motifs is 2. The molecule has 0 saturated carbocycles. The van der Waals surface area contributed by atoms with Crippen molar-refractivity contribution in [2.75, 3.05) is 57.3 Å². The molecule has 7 aromatic heterocycles. The lowest BCUT2D eigenvalue weighted by Gasteiger charge is -2.28. The summed E-state index contributed by atoms with van der Waals surface area (Å²) in [7, 11) is 1.12. The molecule has 0 aromatic carbocycles. The topological polar surface area (TPSA) is 566 Å². The fraction of sp³-hybridized carbons (Fsp3) is 0.585. The van der Waals surface area contributed by atoms with Gasteiger partial charge in [-0.15, -0.1) is 0 Å². The van der Waals surface area contributed by atoms with Crippen molar-refractivity contribution in [1.82, 2.24) is 67.7 Å². The summed E-state index contributed by atoms with van der Waals surface area (Å²) in [5, 5.41) is 0. The lowest BCUT2D eigenvalue weighted by molar-refractivity contribution is -0.0545. The summed E-state index contributed by atoms with van der Waals surface area (Å²) < 4.78 is 111. The van der Waals surface area contributed by atoms with Crippen LogP contribution in [0.25, 0.3) is 22.3 Å². The fourth-order valence-corrected chi connectivity index (χ4v) is 19.7. The van der Waals surface area contributed by atoms with Crippen LogP contribution in [0.15, 0.2) is 70.9 Å². The zero-order valence-corrected chi connectivity index (χ0v) is 66.0. The van der Waals surface area contributed by atoms with Gasteiger partial charge in [0, 0.05) is 62.5 Å². The van der Waals surface area contributed by atoms with Crippen molar-refractivity contribution in [2.45, 2.75) is 146 Å². The molecule has 0 radical (unpaired) electrons. The summed E-state index contributed by atoms with van der Waals surface area (Å²) >= 11 is 31.1. The van der Waals surface area contributed by atoms with Crippen molar-refractivity contribution in [2.24, 2.45) is 11.8 Å². The third-order valence-electron chi connectivity index (χ3n) is 17.8. The Morgan fingerprint density at radius 1 is 0.533 bits per heavy atom. The molecule has 5 fully saturated rings. The second-order valence-corrected chi connectivity index (χ2v) is 42.0. The Morgan fingerprint density at radius 2 is 0.925 bits per heavy atom. The SMILES string of the molecule is COP(O)(=S)OCC1O[C@@H](n2cnc3c(=O)[nH]c(N)nc32)C[C@H]1OP(=O)(S)OCC1O[C@@H](n2cc(C)c(=O)[nH]c2=O)C[C@H]1OP(O)(=S)OCC1O[C@@H](n2cnc3c(=O)[nH]c(N)nc32)C[C@H]1OP(O)(=S)OCC1O[C@@H](n2cc(C)c(=O)[nH]c2=O)C[C@H]1OP(=S)(S)OCC1O[C@@H](n2ccc(N)nc2=O)C[C@H]1C(C)C. The second kappa shape index (κ2) is 32.7. The van der Waals surface area contributed by atoms with E-state index in [0.29, 0.717) is 6.42 Å². The average Bonchev–Trinajstić information content (AvgIpc) is 1.64. The summed E-state index contributed by atoms with van der Waals surface area (Å²) in [6, 6.07) is 1.47. The van der Waals surface area contributed by atoms with Gasteiger partial charge in [-0.2, -0.15) is 15.0 Å². The number of nitrogen functional groups attached to an aromatic ring is 3. The molecule has 20 atom stereocenters. The third-order valence-corrected chi connectivity index (χ3v) is 26.5. The molecule has 43 nitrogen and oxygen atoms in total. The molecule has 586 valence electrons. The van der Waals surface area contributed by atoms with E-state index in [1.54, 1.807) is 0 Å². The smallest absolute Gasteiger partial charge is 0.383 e. The van der Waals surface area contributed by atoms with Crippen LogP contribution < -0.4 is 56.5 Å². The van der Waals surface area contributed by atoms with Gasteiger partial charge in [0.1, 0.15) is 67.5 Å². The largest absolute Gasteiger partial charge is 0.386 e. The van der Waals surface area contributed by atoms with E-state index in [2.05, 4.69) is 69.4 Å². The molecular formula is C53H72N17O26P5S6. The molecule has 5 saturated heterocycles. The van der Waals surface area contributed by atoms with E-state index in [0.717, 1.165) is 16.2 Å². The average molecular weight is 1710 g/mol. The van der Waals surface area contributed by atoms with Crippen LogP contribution >= 0.6 is 57.1 Å². The van der Waals surface area contributed by atoms with Gasteiger partial charge in [-0.3, -0.25) is 71.0 Å². The third kappa shape index (κ3) is 19.3. The predicted molar refractivity (Wildman–Crippen MR) is 397 cm³/mol. The Bertz CT molecular complexity index is 5220. The molecule has 107 heavy (non-hydrogen) atoms. The molecule has 5 aliphatic heterocycles. The monoisotopic (exact) mass is 1710 g/mol. The minimum absolute atomic E-state index is 0.0103. The summed E-state index contributed by atoms with van der Waals surface area (Å²) in [4.78, 5) is 154. The first-order chi connectivity index (χ1) is 50.3. The van der Waals surface area contributed by atoms with Gasteiger partial charge in [-0.05, 0) is 85.4 Å². The maximum atomic E-state index is 14.4. The van der Waals surface area contributed by atoms with E-state index in [1.165, 1.54) is 64.9 Å². The van der Waals surface area contributed by atoms with E-state index >= 15 is 0 Å². The number of aryl methyl sites for hydroxylation is 2. The van der Waals surface area contributed by atoms with Crippen LogP contribution in [-0.4, -0.2) is 177 Å². The van der Waals surface area contributed by atoms with Crippen LogP contribution in [0, 0.1) is 25.7 Å². The zero-order chi connectivity index (χ0) is 77.1. The van der Waals surface area contributed by atoms with E-state index < -0.39 is 184 Å². The Morgan fingerprint density at radius 3 is 1.36 bits per heavy atom. The first-order valence-electron chi connectivity index (χ1n) is 32.2. The number of H-pyrrole nitrogens is 4. The predicted octanol–water partition coefficient (Wildman–Crippen LogP) is 1.80. The highest BCUT2D eigenvalue weighted by atomic mass is 32.9. The summed E-state index contributed by atoms with van der Waals surface area (Å²) in [6.45, 7) is -13.5. The van der Waals surface area contributed by atoms with Crippen LogP contribution in [-0.2, 0) is 121 Å². The number of anilines is 3. The van der Waals surface area contributed by atoms with Crippen LogP contribution in [0.4, 0.5) is 17.7 Å². The van der Waals surface area contributed by atoms with E-state index in [-0.39, 0.29) is 95.3 Å². The number of nitrogens with zero attached hydrogens (tertiary/aromatic N) is 10. The summed E-state index contributed by atoms with van der Waals surface area (Å²) in [6.07, 6.45) is -10.5. The minimum Gasteiger partial charge on any atom is -0.383 e. The number of hydrogen-bond acceptors (Lipinski definition) is 35. The number of nitrogens with one attached hydrogen (secondary N) is 4. The summed E-state index contributed by atoms with van der Waals surface area (Å²) in [5.74, 6) is -0.585. The maximum Gasteiger partial charge on any atom is 0.386 e. The zero-order valence-electron chi connectivity index (χ0n) is 56.5. The quantitative estimate of drug-likeness (QED) is 0.0226. The van der Waals surface area contributed by atoms with Gasteiger partial charge >= 0.3 is 44.0 Å². The first kappa shape index (κ1) is 81.6. The molecule has 13 N–H and O–H groups in total.